The number of aliphatic imine (C=N–C) groups is 1. The van der Waals surface area contributed by atoms with E-state index in [1.54, 1.807) is 14.2 Å². The number of carbonyl (C=O) groups excluding carboxylic acids is 1. The highest BCUT2D eigenvalue weighted by Crippen LogP contribution is 2.39. The number of hydrogen-bond donors (Lipinski definition) is 1. The predicted octanol–water partition coefficient (Wildman–Crippen LogP) is 4.59. The molecule has 0 radical (unpaired) electrons. The van der Waals surface area contributed by atoms with E-state index in [9.17, 15) is 4.79 Å². The van der Waals surface area contributed by atoms with Crippen LogP contribution in [0.15, 0.2) is 46.3 Å². The van der Waals surface area contributed by atoms with Crippen LogP contribution in [0.2, 0.25) is 0 Å². The summed E-state index contributed by atoms with van der Waals surface area (Å²) in [5, 5.41) is 3.36. The average Bonchev–Trinajstić information content (AvgIpc) is 3.45. The minimum atomic E-state index is -0.190. The maximum Gasteiger partial charge on any atom is 0.264 e. The Labute approximate surface area is 192 Å². The van der Waals surface area contributed by atoms with Gasteiger partial charge in [-0.1, -0.05) is 0 Å². The molecule has 0 atom stereocenters. The van der Waals surface area contributed by atoms with E-state index >= 15 is 0 Å². The fourth-order valence-electron chi connectivity index (χ4n) is 3.75. The first-order valence-corrected chi connectivity index (χ1v) is 11.5. The number of amides is 1. The number of rotatable bonds is 7. The first-order valence-electron chi connectivity index (χ1n) is 10.6. The molecule has 4 rings (SSSR count). The molecule has 2 aliphatic heterocycles. The average molecular weight is 454 g/mol. The molecule has 2 aromatic rings. The van der Waals surface area contributed by atoms with Gasteiger partial charge in [-0.25, -0.2) is 4.99 Å². The third-order valence-electron chi connectivity index (χ3n) is 5.29. The molecule has 0 saturated carbocycles. The second-order valence-electron chi connectivity index (χ2n) is 7.37. The van der Waals surface area contributed by atoms with E-state index in [0.29, 0.717) is 22.4 Å². The van der Waals surface area contributed by atoms with Crippen molar-refractivity contribution in [2.75, 3.05) is 38.8 Å². The van der Waals surface area contributed by atoms with Crippen molar-refractivity contribution < 1.29 is 19.0 Å². The van der Waals surface area contributed by atoms with Gasteiger partial charge in [-0.2, -0.15) is 0 Å². The molecule has 8 heteroatoms. The monoisotopic (exact) mass is 453 g/mol. The summed E-state index contributed by atoms with van der Waals surface area (Å²) in [7, 11) is 3.30. The maximum absolute atomic E-state index is 12.6. The van der Waals surface area contributed by atoms with Gasteiger partial charge in [0.05, 0.1) is 37.1 Å². The number of methoxy groups -OCH3 is 2. The number of nitrogens with zero attached hydrogens (tertiary/aromatic N) is 2. The summed E-state index contributed by atoms with van der Waals surface area (Å²) >= 11 is 1.30. The lowest BCUT2D eigenvalue weighted by molar-refractivity contribution is -0.115. The van der Waals surface area contributed by atoms with E-state index in [2.05, 4.69) is 15.2 Å². The van der Waals surface area contributed by atoms with Gasteiger partial charge in [0.2, 0.25) is 0 Å². The SMILES string of the molecule is CCOc1ccc(N=C2NC(=O)/C(=C/c3cc(OC)c(N4CCCC4)cc3OC)S2)cc1. The molecule has 32 heavy (non-hydrogen) atoms. The number of carbonyl (C=O) groups is 1. The molecule has 2 saturated heterocycles. The lowest BCUT2D eigenvalue weighted by Crippen LogP contribution is -2.19. The summed E-state index contributed by atoms with van der Waals surface area (Å²) in [5.41, 5.74) is 2.55. The second-order valence-corrected chi connectivity index (χ2v) is 8.40. The van der Waals surface area contributed by atoms with Gasteiger partial charge in [-0.15, -0.1) is 0 Å². The molecule has 2 fully saturated rings. The normalized spacial score (nSPS) is 18.3. The molecule has 1 N–H and O–H groups in total. The van der Waals surface area contributed by atoms with E-state index in [4.69, 9.17) is 14.2 Å². The minimum Gasteiger partial charge on any atom is -0.496 e. The summed E-state index contributed by atoms with van der Waals surface area (Å²) in [6.07, 6.45) is 4.16. The number of nitrogens with one attached hydrogen (secondary N) is 1. The smallest absolute Gasteiger partial charge is 0.264 e. The van der Waals surface area contributed by atoms with Gasteiger partial charge in [0, 0.05) is 24.7 Å². The first-order chi connectivity index (χ1) is 15.6. The lowest BCUT2D eigenvalue weighted by Gasteiger charge is -2.22. The van der Waals surface area contributed by atoms with Crippen molar-refractivity contribution in [3.05, 3.63) is 46.9 Å². The van der Waals surface area contributed by atoms with Gasteiger partial charge >= 0.3 is 0 Å². The zero-order chi connectivity index (χ0) is 22.5. The Morgan fingerprint density at radius 3 is 2.47 bits per heavy atom. The molecular weight excluding hydrogens is 426 g/mol. The topological polar surface area (TPSA) is 72.4 Å². The van der Waals surface area contributed by atoms with Crippen LogP contribution >= 0.6 is 11.8 Å². The Morgan fingerprint density at radius 1 is 1.09 bits per heavy atom. The van der Waals surface area contributed by atoms with Crippen molar-refractivity contribution in [1.82, 2.24) is 5.32 Å². The number of amidine groups is 1. The number of hydrogen-bond acceptors (Lipinski definition) is 7. The van der Waals surface area contributed by atoms with Crippen LogP contribution in [0, 0.1) is 0 Å². The Bertz CT molecular complexity index is 1040. The van der Waals surface area contributed by atoms with Gasteiger partial charge < -0.3 is 24.4 Å². The minimum absolute atomic E-state index is 0.190. The highest BCUT2D eigenvalue weighted by molar-refractivity contribution is 8.18. The summed E-state index contributed by atoms with van der Waals surface area (Å²) in [6.45, 7) is 4.56. The zero-order valence-corrected chi connectivity index (χ0v) is 19.3. The third kappa shape index (κ3) is 4.85. The van der Waals surface area contributed by atoms with Crippen molar-refractivity contribution >= 4 is 40.3 Å². The maximum atomic E-state index is 12.6. The fourth-order valence-corrected chi connectivity index (χ4v) is 4.58. The molecule has 0 bridgehead atoms. The van der Waals surface area contributed by atoms with Crippen molar-refractivity contribution in [2.45, 2.75) is 19.8 Å². The lowest BCUT2D eigenvalue weighted by atomic mass is 10.1. The molecule has 168 valence electrons. The molecule has 2 heterocycles. The van der Waals surface area contributed by atoms with Gasteiger partial charge in [-0.3, -0.25) is 4.79 Å². The Balaban J connectivity index is 1.58. The third-order valence-corrected chi connectivity index (χ3v) is 6.20. The fraction of sp³-hybridized carbons (Fsp3) is 0.333. The Kier molecular flexibility index (Phi) is 6.90. The van der Waals surface area contributed by atoms with Gasteiger partial charge in [0.1, 0.15) is 17.2 Å². The zero-order valence-electron chi connectivity index (χ0n) is 18.5. The summed E-state index contributed by atoms with van der Waals surface area (Å²) in [4.78, 5) is 19.9. The highest BCUT2D eigenvalue weighted by Gasteiger charge is 2.25. The summed E-state index contributed by atoms with van der Waals surface area (Å²) in [5.74, 6) is 2.07. The van der Waals surface area contributed by atoms with Crippen molar-refractivity contribution in [3.8, 4) is 17.2 Å². The molecular formula is C24H27N3O4S. The number of ether oxygens (including phenoxy) is 3. The molecule has 0 aromatic heterocycles. The van der Waals surface area contributed by atoms with Crippen LogP contribution in [-0.4, -0.2) is 45.0 Å². The Hall–Kier alpha value is -3.13. The van der Waals surface area contributed by atoms with Crippen LogP contribution in [-0.2, 0) is 4.79 Å². The first kappa shape index (κ1) is 22.1. The Morgan fingerprint density at radius 2 is 1.81 bits per heavy atom. The van der Waals surface area contributed by atoms with Gasteiger partial charge in [0.15, 0.2) is 5.17 Å². The van der Waals surface area contributed by atoms with E-state index in [0.717, 1.165) is 41.5 Å². The van der Waals surface area contributed by atoms with Gasteiger partial charge in [-0.05, 0) is 67.9 Å². The van der Waals surface area contributed by atoms with Crippen molar-refractivity contribution in [2.24, 2.45) is 4.99 Å². The van der Waals surface area contributed by atoms with E-state index < -0.39 is 0 Å². The molecule has 0 spiro atoms. The highest BCUT2D eigenvalue weighted by atomic mass is 32.2. The largest absolute Gasteiger partial charge is 0.496 e. The molecule has 2 aliphatic rings. The molecule has 2 aromatic carbocycles. The number of thioether (sulfide) groups is 1. The standard InChI is InChI=1S/C24H27N3O4S/c1-4-31-18-9-7-17(8-10-18)25-24-26-23(28)22(32-24)14-16-13-21(30-3)19(15-20(16)29-2)27-11-5-6-12-27/h7-10,13-15H,4-6,11-12H2,1-3H3,(H,25,26,28)/b22-14-. The van der Waals surface area contributed by atoms with Crippen LogP contribution in [0.25, 0.3) is 6.08 Å². The number of benzene rings is 2. The predicted molar refractivity (Wildman–Crippen MR) is 129 cm³/mol. The molecule has 1 amide bonds. The van der Waals surface area contributed by atoms with Crippen LogP contribution in [0.4, 0.5) is 11.4 Å². The van der Waals surface area contributed by atoms with Crippen molar-refractivity contribution in [3.63, 3.8) is 0 Å². The van der Waals surface area contributed by atoms with Gasteiger partial charge in [0.25, 0.3) is 5.91 Å². The van der Waals surface area contributed by atoms with E-state index in [1.165, 1.54) is 24.6 Å². The van der Waals surface area contributed by atoms with E-state index in [-0.39, 0.29) is 5.91 Å². The van der Waals surface area contributed by atoms with Crippen LogP contribution in [0.5, 0.6) is 17.2 Å². The molecule has 0 aliphatic carbocycles. The number of anilines is 1. The van der Waals surface area contributed by atoms with Crippen LogP contribution in [0.3, 0.4) is 0 Å². The summed E-state index contributed by atoms with van der Waals surface area (Å²) < 4.78 is 16.7. The van der Waals surface area contributed by atoms with Crippen LogP contribution < -0.4 is 24.4 Å². The van der Waals surface area contributed by atoms with E-state index in [1.807, 2.05) is 49.4 Å². The summed E-state index contributed by atoms with van der Waals surface area (Å²) in [6, 6.07) is 11.4. The molecule has 7 nitrogen and oxygen atoms in total. The second kappa shape index (κ2) is 9.99. The quantitative estimate of drug-likeness (QED) is 0.618. The molecule has 0 unspecified atom stereocenters. The van der Waals surface area contributed by atoms with Crippen LogP contribution in [0.1, 0.15) is 25.3 Å². The van der Waals surface area contributed by atoms with Crippen molar-refractivity contribution in [1.29, 1.82) is 0 Å².